The number of benzene rings is 2. The van der Waals surface area contributed by atoms with Gasteiger partial charge in [0.05, 0.1) is 23.9 Å². The van der Waals surface area contributed by atoms with Crippen molar-refractivity contribution < 1.29 is 13.9 Å². The van der Waals surface area contributed by atoms with Crippen LogP contribution in [-0.4, -0.2) is 56.1 Å². The highest BCUT2D eigenvalue weighted by Crippen LogP contribution is 2.28. The molecule has 3 heterocycles. The van der Waals surface area contributed by atoms with E-state index in [4.69, 9.17) is 4.74 Å². The third-order valence-corrected chi connectivity index (χ3v) is 8.84. The summed E-state index contributed by atoms with van der Waals surface area (Å²) in [5.41, 5.74) is 3.69. The molecule has 6 rings (SSSR count). The fraction of sp³-hybridized carbons (Fsp3) is 0.343. The average Bonchev–Trinajstić information content (AvgIpc) is 3.42. The van der Waals surface area contributed by atoms with Crippen LogP contribution in [-0.2, 0) is 18.3 Å². The number of aromatic nitrogens is 5. The van der Waals surface area contributed by atoms with Gasteiger partial charge < -0.3 is 15.4 Å². The Hall–Kier alpha value is -4.94. The van der Waals surface area contributed by atoms with E-state index in [0.29, 0.717) is 50.2 Å². The molecule has 0 saturated heterocycles. The molecule has 0 spiro atoms. The number of hydrogen-bond acceptors (Lipinski definition) is 7. The number of ether oxygens (including phenoxy) is 1. The van der Waals surface area contributed by atoms with Crippen LogP contribution in [0.5, 0.6) is 0 Å². The first-order valence-corrected chi connectivity index (χ1v) is 15.8. The molecule has 244 valence electrons. The second-order valence-electron chi connectivity index (χ2n) is 12.0. The van der Waals surface area contributed by atoms with E-state index in [-0.39, 0.29) is 23.0 Å². The van der Waals surface area contributed by atoms with Crippen molar-refractivity contribution in [2.45, 2.75) is 51.2 Å². The fourth-order valence-corrected chi connectivity index (χ4v) is 6.19. The van der Waals surface area contributed by atoms with Crippen molar-refractivity contribution >= 4 is 16.9 Å². The van der Waals surface area contributed by atoms with Crippen LogP contribution in [0.1, 0.15) is 53.5 Å². The van der Waals surface area contributed by atoms with Crippen LogP contribution < -0.4 is 21.9 Å². The Bertz CT molecular complexity index is 2010. The van der Waals surface area contributed by atoms with Crippen LogP contribution in [0.4, 0.5) is 4.39 Å². The van der Waals surface area contributed by atoms with Crippen LogP contribution in [0.25, 0.3) is 27.8 Å². The molecule has 1 aliphatic rings. The van der Waals surface area contributed by atoms with E-state index in [1.54, 1.807) is 31.0 Å². The van der Waals surface area contributed by atoms with Gasteiger partial charge in [-0.3, -0.25) is 18.8 Å². The zero-order valence-corrected chi connectivity index (χ0v) is 26.7. The van der Waals surface area contributed by atoms with Crippen LogP contribution >= 0.6 is 0 Å². The third kappa shape index (κ3) is 6.79. The van der Waals surface area contributed by atoms with Crippen LogP contribution in [0.2, 0.25) is 0 Å². The summed E-state index contributed by atoms with van der Waals surface area (Å²) in [6.45, 7) is 3.99. The van der Waals surface area contributed by atoms with Crippen molar-refractivity contribution in [2.24, 2.45) is 7.05 Å². The van der Waals surface area contributed by atoms with Crippen molar-refractivity contribution in [2.75, 3.05) is 20.3 Å². The van der Waals surface area contributed by atoms with Gasteiger partial charge in [-0.25, -0.2) is 18.7 Å². The van der Waals surface area contributed by atoms with Crippen LogP contribution in [0, 0.1) is 12.7 Å². The highest BCUT2D eigenvalue weighted by Gasteiger charge is 2.28. The van der Waals surface area contributed by atoms with Crippen LogP contribution in [0.3, 0.4) is 0 Å². The van der Waals surface area contributed by atoms with Gasteiger partial charge in [0.1, 0.15) is 11.5 Å². The second kappa shape index (κ2) is 13.8. The highest BCUT2D eigenvalue weighted by molar-refractivity contribution is 5.92. The van der Waals surface area contributed by atoms with Crippen molar-refractivity contribution in [3.05, 3.63) is 110 Å². The van der Waals surface area contributed by atoms with E-state index in [2.05, 4.69) is 20.7 Å². The molecule has 0 unspecified atom stereocenters. The van der Waals surface area contributed by atoms with Gasteiger partial charge in [0, 0.05) is 45.0 Å². The number of pyridine rings is 1. The SMILES string of the molecule is COCCNCc1ccc(-c2cccc(-n3c(=O)n(C4CCC(NC(=O)c5cc(C)n(C)n5)CC4)c(=O)c4cc(F)cnc43)c2)cc1. The number of halogens is 1. The number of nitrogens with zero attached hydrogens (tertiary/aromatic N) is 5. The summed E-state index contributed by atoms with van der Waals surface area (Å²) in [5.74, 6) is -0.912. The van der Waals surface area contributed by atoms with Gasteiger partial charge in [-0.15, -0.1) is 0 Å². The highest BCUT2D eigenvalue weighted by atomic mass is 19.1. The summed E-state index contributed by atoms with van der Waals surface area (Å²) in [7, 11) is 3.45. The van der Waals surface area contributed by atoms with Crippen LogP contribution in [0.15, 0.2) is 76.4 Å². The molecule has 0 radical (unpaired) electrons. The van der Waals surface area contributed by atoms with Gasteiger partial charge in [0.25, 0.3) is 11.5 Å². The first kappa shape index (κ1) is 32.0. The number of hydrogen-bond donors (Lipinski definition) is 2. The summed E-state index contributed by atoms with van der Waals surface area (Å²) >= 11 is 0. The number of rotatable bonds is 10. The minimum atomic E-state index is -0.659. The number of aryl methyl sites for hydroxylation is 2. The van der Waals surface area contributed by atoms with E-state index in [1.165, 1.54) is 9.13 Å². The lowest BCUT2D eigenvalue weighted by Crippen LogP contribution is -2.45. The van der Waals surface area contributed by atoms with Gasteiger partial charge in [-0.2, -0.15) is 5.10 Å². The number of nitrogens with one attached hydrogen (secondary N) is 2. The quantitative estimate of drug-likeness (QED) is 0.221. The van der Waals surface area contributed by atoms with E-state index in [1.807, 2.05) is 49.4 Å². The normalized spacial score (nSPS) is 16.4. The summed E-state index contributed by atoms with van der Waals surface area (Å²) in [4.78, 5) is 44.9. The number of methoxy groups -OCH3 is 1. The monoisotopic (exact) mass is 639 g/mol. The summed E-state index contributed by atoms with van der Waals surface area (Å²) in [5, 5.41) is 10.7. The Balaban J connectivity index is 1.28. The molecule has 5 aromatic rings. The molecular weight excluding hydrogens is 601 g/mol. The Kier molecular flexibility index (Phi) is 9.41. The van der Waals surface area contributed by atoms with E-state index < -0.39 is 23.1 Å². The maximum absolute atomic E-state index is 14.4. The molecule has 3 aromatic heterocycles. The molecule has 11 nitrogen and oxygen atoms in total. The van der Waals surface area contributed by atoms with Crippen molar-refractivity contribution in [3.8, 4) is 16.8 Å². The molecule has 47 heavy (non-hydrogen) atoms. The first-order valence-electron chi connectivity index (χ1n) is 15.8. The Labute approximate surface area is 271 Å². The van der Waals surface area contributed by atoms with Crippen molar-refractivity contribution in [1.82, 2.24) is 34.5 Å². The molecule has 1 aliphatic carbocycles. The van der Waals surface area contributed by atoms with Gasteiger partial charge in [-0.1, -0.05) is 36.4 Å². The minimum absolute atomic E-state index is 0.0290. The summed E-state index contributed by atoms with van der Waals surface area (Å²) in [6, 6.07) is 17.9. The Morgan fingerprint density at radius 1 is 1.02 bits per heavy atom. The molecule has 2 aromatic carbocycles. The largest absolute Gasteiger partial charge is 0.383 e. The zero-order valence-electron chi connectivity index (χ0n) is 26.7. The van der Waals surface area contributed by atoms with Gasteiger partial charge in [-0.05, 0) is 73.6 Å². The third-order valence-electron chi connectivity index (χ3n) is 8.84. The smallest absolute Gasteiger partial charge is 0.337 e. The molecular formula is C35H38FN7O4. The molecule has 1 amide bonds. The predicted molar refractivity (Wildman–Crippen MR) is 177 cm³/mol. The fourth-order valence-electron chi connectivity index (χ4n) is 6.19. The molecule has 0 aliphatic heterocycles. The second-order valence-corrected chi connectivity index (χ2v) is 12.0. The Morgan fingerprint density at radius 2 is 1.79 bits per heavy atom. The number of carbonyl (C=O) groups is 1. The molecule has 0 bridgehead atoms. The molecule has 0 atom stereocenters. The summed E-state index contributed by atoms with van der Waals surface area (Å²) < 4.78 is 23.8. The van der Waals surface area contributed by atoms with Crippen molar-refractivity contribution in [1.29, 1.82) is 0 Å². The van der Waals surface area contributed by atoms with Gasteiger partial charge in [0.2, 0.25) is 0 Å². The lowest BCUT2D eigenvalue weighted by Gasteiger charge is -2.30. The standard InChI is InChI=1S/C35H38FN7O4/c1-22-17-31(40-41(22)2)33(44)39-27-11-13-28(14-12-27)43-34(45)30-19-26(36)21-38-32(30)42(35(43)46)29-6-4-5-25(18-29)24-9-7-23(8-10-24)20-37-15-16-47-3/h4-10,17-19,21,27-28,37H,11-16,20H2,1-3H3,(H,39,44). The lowest BCUT2D eigenvalue weighted by atomic mass is 9.90. The molecule has 1 fully saturated rings. The predicted octanol–water partition coefficient (Wildman–Crippen LogP) is 4.05. The first-order chi connectivity index (χ1) is 22.7. The van der Waals surface area contributed by atoms with E-state index in [0.717, 1.165) is 41.2 Å². The minimum Gasteiger partial charge on any atom is -0.383 e. The van der Waals surface area contributed by atoms with Crippen molar-refractivity contribution in [3.63, 3.8) is 0 Å². The lowest BCUT2D eigenvalue weighted by molar-refractivity contribution is 0.0916. The summed E-state index contributed by atoms with van der Waals surface area (Å²) in [6.07, 6.45) is 3.13. The average molecular weight is 640 g/mol. The molecule has 2 N–H and O–H groups in total. The zero-order chi connectivity index (χ0) is 33.1. The molecule has 1 saturated carbocycles. The maximum atomic E-state index is 14.4. The topological polar surface area (TPSA) is 125 Å². The van der Waals surface area contributed by atoms with Gasteiger partial charge >= 0.3 is 5.69 Å². The number of amides is 1. The Morgan fingerprint density at radius 3 is 2.49 bits per heavy atom. The van der Waals surface area contributed by atoms with E-state index in [9.17, 15) is 18.8 Å². The number of fused-ring (bicyclic) bond motifs is 1. The van der Waals surface area contributed by atoms with Gasteiger partial charge in [0.15, 0.2) is 5.65 Å². The van der Waals surface area contributed by atoms with E-state index >= 15 is 0 Å². The maximum Gasteiger partial charge on any atom is 0.337 e. The number of carbonyl (C=O) groups excluding carboxylic acids is 1. The molecule has 12 heteroatoms.